The number of halogens is 1. The van der Waals surface area contributed by atoms with E-state index in [0.717, 1.165) is 5.69 Å². The zero-order chi connectivity index (χ0) is 12.3. The van der Waals surface area contributed by atoms with Crippen LogP contribution in [0.4, 0.5) is 10.1 Å². The van der Waals surface area contributed by atoms with E-state index in [4.69, 9.17) is 5.73 Å². The van der Waals surface area contributed by atoms with Gasteiger partial charge in [-0.15, -0.1) is 0 Å². The number of rotatable bonds is 4. The fraction of sp³-hybridized carbons (Fsp3) is 0.500. The maximum absolute atomic E-state index is 13.6. The molecule has 3 N–H and O–H groups in total. The standard InChI is InChI=1S/C12H19FN2O/c1-8(16)7-15(3)11-6-4-5-10(13)12(11)9(2)14/h4-6,8-9,16H,7,14H2,1-3H3. The maximum atomic E-state index is 13.6. The van der Waals surface area contributed by atoms with Gasteiger partial charge in [0.1, 0.15) is 5.82 Å². The average molecular weight is 226 g/mol. The van der Waals surface area contributed by atoms with Gasteiger partial charge in [-0.1, -0.05) is 6.07 Å². The van der Waals surface area contributed by atoms with Gasteiger partial charge in [0.05, 0.1) is 6.10 Å². The highest BCUT2D eigenvalue weighted by atomic mass is 19.1. The van der Waals surface area contributed by atoms with E-state index in [9.17, 15) is 9.50 Å². The van der Waals surface area contributed by atoms with Crippen LogP contribution in [0.15, 0.2) is 18.2 Å². The number of nitrogens with two attached hydrogens (primary N) is 1. The molecule has 0 aliphatic rings. The van der Waals surface area contributed by atoms with E-state index in [2.05, 4.69) is 0 Å². The smallest absolute Gasteiger partial charge is 0.130 e. The lowest BCUT2D eigenvalue weighted by atomic mass is 10.1. The Morgan fingerprint density at radius 1 is 1.44 bits per heavy atom. The molecule has 16 heavy (non-hydrogen) atoms. The Morgan fingerprint density at radius 3 is 2.56 bits per heavy atom. The van der Waals surface area contributed by atoms with Crippen LogP contribution in [0.25, 0.3) is 0 Å². The molecule has 1 aromatic rings. The van der Waals surface area contributed by atoms with Gasteiger partial charge in [0.15, 0.2) is 0 Å². The van der Waals surface area contributed by atoms with E-state index in [1.807, 2.05) is 18.0 Å². The predicted molar refractivity (Wildman–Crippen MR) is 64.0 cm³/mol. The van der Waals surface area contributed by atoms with Crippen molar-refractivity contribution in [2.45, 2.75) is 26.0 Å². The minimum atomic E-state index is -0.464. The summed E-state index contributed by atoms with van der Waals surface area (Å²) in [4.78, 5) is 1.81. The largest absolute Gasteiger partial charge is 0.392 e. The van der Waals surface area contributed by atoms with Crippen LogP contribution in [0.1, 0.15) is 25.5 Å². The Labute approximate surface area is 95.7 Å². The Morgan fingerprint density at radius 2 is 2.06 bits per heavy atom. The number of hydrogen-bond donors (Lipinski definition) is 2. The van der Waals surface area contributed by atoms with Crippen molar-refractivity contribution in [2.24, 2.45) is 5.73 Å². The Hall–Kier alpha value is -1.13. The van der Waals surface area contributed by atoms with Crippen molar-refractivity contribution < 1.29 is 9.50 Å². The van der Waals surface area contributed by atoms with E-state index in [1.54, 1.807) is 19.9 Å². The second-order valence-corrected chi connectivity index (χ2v) is 4.19. The fourth-order valence-electron chi connectivity index (χ4n) is 1.80. The molecular formula is C12H19FN2O. The topological polar surface area (TPSA) is 49.5 Å². The van der Waals surface area contributed by atoms with Crippen molar-refractivity contribution in [3.8, 4) is 0 Å². The first-order valence-corrected chi connectivity index (χ1v) is 5.36. The van der Waals surface area contributed by atoms with E-state index < -0.39 is 6.10 Å². The summed E-state index contributed by atoms with van der Waals surface area (Å²) in [6, 6.07) is 4.49. The minimum Gasteiger partial charge on any atom is -0.392 e. The summed E-state index contributed by atoms with van der Waals surface area (Å²) in [5, 5.41) is 9.32. The van der Waals surface area contributed by atoms with Crippen LogP contribution in [0.5, 0.6) is 0 Å². The van der Waals surface area contributed by atoms with Gasteiger partial charge >= 0.3 is 0 Å². The molecule has 0 saturated heterocycles. The summed E-state index contributed by atoms with van der Waals surface area (Å²) in [5.41, 5.74) is 6.98. The zero-order valence-corrected chi connectivity index (χ0v) is 9.94. The fourth-order valence-corrected chi connectivity index (χ4v) is 1.80. The van der Waals surface area contributed by atoms with Gasteiger partial charge < -0.3 is 15.7 Å². The number of hydrogen-bond acceptors (Lipinski definition) is 3. The van der Waals surface area contributed by atoms with Gasteiger partial charge in [-0.05, 0) is 26.0 Å². The van der Waals surface area contributed by atoms with Gasteiger partial charge in [-0.2, -0.15) is 0 Å². The van der Waals surface area contributed by atoms with Crippen LogP contribution < -0.4 is 10.6 Å². The summed E-state index contributed by atoms with van der Waals surface area (Å²) in [5.74, 6) is -0.301. The number of benzene rings is 1. The molecule has 4 heteroatoms. The Kier molecular flexibility index (Phi) is 4.26. The van der Waals surface area contributed by atoms with Crippen molar-refractivity contribution >= 4 is 5.69 Å². The lowest BCUT2D eigenvalue weighted by molar-refractivity contribution is 0.201. The number of likely N-dealkylation sites (N-methyl/N-ethyl adjacent to an activating group) is 1. The molecule has 0 spiro atoms. The van der Waals surface area contributed by atoms with E-state index in [1.165, 1.54) is 6.07 Å². The lowest BCUT2D eigenvalue weighted by Gasteiger charge is -2.25. The molecule has 1 aromatic carbocycles. The quantitative estimate of drug-likeness (QED) is 0.821. The number of aliphatic hydroxyl groups is 1. The molecule has 90 valence electrons. The maximum Gasteiger partial charge on any atom is 0.130 e. The number of anilines is 1. The molecule has 3 nitrogen and oxygen atoms in total. The molecule has 0 saturated carbocycles. The molecule has 0 amide bonds. The zero-order valence-electron chi connectivity index (χ0n) is 9.94. The van der Waals surface area contributed by atoms with Crippen LogP contribution in [0, 0.1) is 5.82 Å². The second kappa shape index (κ2) is 5.27. The molecule has 0 fully saturated rings. The highest BCUT2D eigenvalue weighted by Crippen LogP contribution is 2.27. The molecule has 0 heterocycles. The van der Waals surface area contributed by atoms with Gasteiger partial charge in [0, 0.05) is 30.9 Å². The lowest BCUT2D eigenvalue weighted by Crippen LogP contribution is -2.28. The van der Waals surface area contributed by atoms with Gasteiger partial charge in [0.2, 0.25) is 0 Å². The molecule has 0 radical (unpaired) electrons. The summed E-state index contributed by atoms with van der Waals surface area (Å²) < 4.78 is 13.6. The van der Waals surface area contributed by atoms with Crippen LogP contribution in [0.3, 0.4) is 0 Å². The Balaban J connectivity index is 3.07. The Bertz CT molecular complexity index is 353. The highest BCUT2D eigenvalue weighted by Gasteiger charge is 2.15. The normalized spacial score (nSPS) is 14.6. The first kappa shape index (κ1) is 12.9. The van der Waals surface area contributed by atoms with Crippen molar-refractivity contribution in [2.75, 3.05) is 18.5 Å². The van der Waals surface area contributed by atoms with Gasteiger partial charge in [0.25, 0.3) is 0 Å². The SMILES string of the molecule is CC(O)CN(C)c1cccc(F)c1C(C)N. The van der Waals surface area contributed by atoms with Crippen molar-refractivity contribution in [3.05, 3.63) is 29.6 Å². The third-order valence-corrected chi connectivity index (χ3v) is 2.43. The monoisotopic (exact) mass is 226 g/mol. The highest BCUT2D eigenvalue weighted by molar-refractivity contribution is 5.55. The van der Waals surface area contributed by atoms with E-state index >= 15 is 0 Å². The van der Waals surface area contributed by atoms with Crippen LogP contribution in [0.2, 0.25) is 0 Å². The molecule has 0 aliphatic heterocycles. The molecule has 0 bridgehead atoms. The second-order valence-electron chi connectivity index (χ2n) is 4.19. The van der Waals surface area contributed by atoms with Crippen LogP contribution in [-0.4, -0.2) is 24.8 Å². The third kappa shape index (κ3) is 2.93. The number of aliphatic hydroxyl groups excluding tert-OH is 1. The first-order chi connectivity index (χ1) is 7.43. The van der Waals surface area contributed by atoms with Crippen molar-refractivity contribution in [1.82, 2.24) is 0 Å². The summed E-state index contributed by atoms with van der Waals surface area (Å²) >= 11 is 0. The van der Waals surface area contributed by atoms with Crippen LogP contribution >= 0.6 is 0 Å². The molecule has 2 unspecified atom stereocenters. The molecule has 2 atom stereocenters. The summed E-state index contributed by atoms with van der Waals surface area (Å²) in [6.07, 6.45) is -0.464. The average Bonchev–Trinajstić information content (AvgIpc) is 2.15. The molecule has 1 rings (SSSR count). The third-order valence-electron chi connectivity index (χ3n) is 2.43. The minimum absolute atomic E-state index is 0.301. The van der Waals surface area contributed by atoms with E-state index in [-0.39, 0.29) is 11.9 Å². The molecular weight excluding hydrogens is 207 g/mol. The van der Waals surface area contributed by atoms with Crippen molar-refractivity contribution in [3.63, 3.8) is 0 Å². The first-order valence-electron chi connectivity index (χ1n) is 5.36. The predicted octanol–water partition coefficient (Wildman–Crippen LogP) is 1.66. The van der Waals surface area contributed by atoms with E-state index in [0.29, 0.717) is 12.1 Å². The summed E-state index contributed by atoms with van der Waals surface area (Å²) in [7, 11) is 1.81. The van der Waals surface area contributed by atoms with Crippen molar-refractivity contribution in [1.29, 1.82) is 0 Å². The van der Waals surface area contributed by atoms with Gasteiger partial charge in [-0.3, -0.25) is 0 Å². The van der Waals surface area contributed by atoms with Gasteiger partial charge in [-0.25, -0.2) is 4.39 Å². The number of nitrogens with zero attached hydrogens (tertiary/aromatic N) is 1. The van der Waals surface area contributed by atoms with Crippen LogP contribution in [-0.2, 0) is 0 Å². The molecule has 0 aliphatic carbocycles. The summed E-state index contributed by atoms with van der Waals surface area (Å²) in [6.45, 7) is 3.89. The molecule has 0 aromatic heterocycles.